The third-order valence-electron chi connectivity index (χ3n) is 4.25. The van der Waals surface area contributed by atoms with Crippen LogP contribution in [0.15, 0.2) is 54.2 Å². The van der Waals surface area contributed by atoms with Crippen LogP contribution >= 0.6 is 0 Å². The Balaban J connectivity index is 1.88. The minimum Gasteiger partial charge on any atom is -0.387 e. The van der Waals surface area contributed by atoms with Crippen molar-refractivity contribution in [2.75, 3.05) is 0 Å². The highest BCUT2D eigenvalue weighted by molar-refractivity contribution is 5.33. The van der Waals surface area contributed by atoms with Gasteiger partial charge < -0.3 is 5.11 Å². The van der Waals surface area contributed by atoms with Crippen molar-refractivity contribution in [1.82, 2.24) is 9.78 Å². The summed E-state index contributed by atoms with van der Waals surface area (Å²) in [7, 11) is 0. The topological polar surface area (TPSA) is 38.1 Å². The van der Waals surface area contributed by atoms with Gasteiger partial charge in [0.15, 0.2) is 0 Å². The molecule has 3 heteroatoms. The van der Waals surface area contributed by atoms with E-state index in [1.54, 1.807) is 6.20 Å². The summed E-state index contributed by atoms with van der Waals surface area (Å²) >= 11 is 0. The summed E-state index contributed by atoms with van der Waals surface area (Å²) in [5.74, 6) is 0.802. The molecule has 0 saturated carbocycles. The third-order valence-corrected chi connectivity index (χ3v) is 4.25. The number of aliphatic hydroxyl groups is 1. The molecule has 1 aliphatic rings. The van der Waals surface area contributed by atoms with Gasteiger partial charge in [0.2, 0.25) is 0 Å². The van der Waals surface area contributed by atoms with E-state index in [1.807, 2.05) is 41.1 Å². The monoisotopic (exact) mass is 282 g/mol. The maximum Gasteiger partial charge on any atom is 0.0992 e. The van der Waals surface area contributed by atoms with E-state index in [4.69, 9.17) is 0 Å². The Kier molecular flexibility index (Phi) is 3.93. The average molecular weight is 282 g/mol. The van der Waals surface area contributed by atoms with Crippen molar-refractivity contribution in [3.05, 3.63) is 59.9 Å². The van der Waals surface area contributed by atoms with E-state index in [2.05, 4.69) is 25.0 Å². The number of aromatic nitrogens is 2. The van der Waals surface area contributed by atoms with Gasteiger partial charge in [-0.2, -0.15) is 5.10 Å². The molecule has 0 spiro atoms. The molecular formula is C18H22N2O. The number of rotatable bonds is 3. The van der Waals surface area contributed by atoms with Gasteiger partial charge in [0.05, 0.1) is 17.5 Å². The molecule has 0 radical (unpaired) electrons. The van der Waals surface area contributed by atoms with Gasteiger partial charge in [0.1, 0.15) is 0 Å². The molecule has 2 aromatic rings. The molecule has 3 nitrogen and oxygen atoms in total. The predicted molar refractivity (Wildman–Crippen MR) is 84.2 cm³/mol. The van der Waals surface area contributed by atoms with Crippen molar-refractivity contribution in [2.24, 2.45) is 11.8 Å². The summed E-state index contributed by atoms with van der Waals surface area (Å²) in [5, 5.41) is 15.2. The van der Waals surface area contributed by atoms with Crippen LogP contribution in [0, 0.1) is 11.8 Å². The molecule has 3 atom stereocenters. The minimum atomic E-state index is -0.473. The lowest BCUT2D eigenvalue weighted by Gasteiger charge is -2.29. The molecule has 1 aliphatic carbocycles. The van der Waals surface area contributed by atoms with Crippen LogP contribution in [0.1, 0.15) is 38.5 Å². The van der Waals surface area contributed by atoms with Crippen LogP contribution in [0.25, 0.3) is 5.69 Å². The standard InChI is InChI=1S/C18H22N2O/c1-13-10-14(2)12-15(11-13)18(21)17-8-9-19-20(17)16-6-4-3-5-7-16/h3-10,13,15,18,21H,11-12H2,1-2H3. The first-order valence-electron chi connectivity index (χ1n) is 7.60. The number of allylic oxidation sites excluding steroid dienone is 2. The zero-order valence-corrected chi connectivity index (χ0v) is 12.6. The second kappa shape index (κ2) is 5.86. The van der Waals surface area contributed by atoms with Gasteiger partial charge in [-0.15, -0.1) is 0 Å². The summed E-state index contributed by atoms with van der Waals surface area (Å²) < 4.78 is 1.85. The summed E-state index contributed by atoms with van der Waals surface area (Å²) in [4.78, 5) is 0. The molecule has 1 aromatic heterocycles. The summed E-state index contributed by atoms with van der Waals surface area (Å²) in [6, 6.07) is 11.9. The first-order chi connectivity index (χ1) is 10.1. The first-order valence-corrected chi connectivity index (χ1v) is 7.60. The smallest absolute Gasteiger partial charge is 0.0992 e. The Morgan fingerprint density at radius 3 is 2.71 bits per heavy atom. The Bertz CT molecular complexity index is 630. The largest absolute Gasteiger partial charge is 0.387 e. The van der Waals surface area contributed by atoms with Crippen molar-refractivity contribution in [1.29, 1.82) is 0 Å². The zero-order valence-electron chi connectivity index (χ0n) is 12.6. The molecule has 3 rings (SSSR count). The molecule has 0 amide bonds. The fourth-order valence-corrected chi connectivity index (χ4v) is 3.40. The van der Waals surface area contributed by atoms with Gasteiger partial charge in [-0.05, 0) is 49.8 Å². The molecule has 0 saturated heterocycles. The van der Waals surface area contributed by atoms with E-state index in [9.17, 15) is 5.11 Å². The lowest BCUT2D eigenvalue weighted by atomic mass is 9.80. The number of benzene rings is 1. The highest BCUT2D eigenvalue weighted by Crippen LogP contribution is 2.37. The molecule has 0 fully saturated rings. The van der Waals surface area contributed by atoms with Crippen LogP contribution in [0.4, 0.5) is 0 Å². The predicted octanol–water partition coefficient (Wildman–Crippen LogP) is 3.90. The fourth-order valence-electron chi connectivity index (χ4n) is 3.40. The van der Waals surface area contributed by atoms with Gasteiger partial charge in [-0.3, -0.25) is 0 Å². The van der Waals surface area contributed by atoms with Crippen molar-refractivity contribution >= 4 is 0 Å². The number of hydrogen-bond donors (Lipinski definition) is 1. The number of para-hydroxylation sites is 1. The van der Waals surface area contributed by atoms with Crippen molar-refractivity contribution in [3.8, 4) is 5.69 Å². The van der Waals surface area contributed by atoms with Gasteiger partial charge in [0.25, 0.3) is 0 Å². The average Bonchev–Trinajstić information content (AvgIpc) is 2.95. The van der Waals surface area contributed by atoms with Gasteiger partial charge in [-0.25, -0.2) is 4.68 Å². The molecule has 1 N–H and O–H groups in total. The highest BCUT2D eigenvalue weighted by atomic mass is 16.3. The van der Waals surface area contributed by atoms with Gasteiger partial charge in [0, 0.05) is 6.20 Å². The Morgan fingerprint density at radius 1 is 1.24 bits per heavy atom. The summed E-state index contributed by atoms with van der Waals surface area (Å²) in [5.41, 5.74) is 3.25. The molecule has 3 unspecified atom stereocenters. The highest BCUT2D eigenvalue weighted by Gasteiger charge is 2.28. The molecule has 1 heterocycles. The Hall–Kier alpha value is -1.87. The van der Waals surface area contributed by atoms with E-state index in [1.165, 1.54) is 5.57 Å². The first kappa shape index (κ1) is 14.1. The summed E-state index contributed by atoms with van der Waals surface area (Å²) in [6.45, 7) is 4.38. The molecule has 1 aromatic carbocycles. The second-order valence-corrected chi connectivity index (χ2v) is 6.14. The molecule has 0 aliphatic heterocycles. The molecular weight excluding hydrogens is 260 g/mol. The van der Waals surface area contributed by atoms with E-state index >= 15 is 0 Å². The third kappa shape index (κ3) is 2.93. The molecule has 110 valence electrons. The number of nitrogens with zero attached hydrogens (tertiary/aromatic N) is 2. The van der Waals surface area contributed by atoms with E-state index in [-0.39, 0.29) is 5.92 Å². The normalized spacial score (nSPS) is 23.7. The maximum absolute atomic E-state index is 10.8. The van der Waals surface area contributed by atoms with Gasteiger partial charge >= 0.3 is 0 Å². The lowest BCUT2D eigenvalue weighted by Crippen LogP contribution is -2.21. The maximum atomic E-state index is 10.8. The molecule has 21 heavy (non-hydrogen) atoms. The SMILES string of the molecule is CC1=CC(C)CC(C(O)c2ccnn2-c2ccccc2)C1. The van der Waals surface area contributed by atoms with E-state index in [0.29, 0.717) is 5.92 Å². The van der Waals surface area contributed by atoms with Gasteiger partial charge in [-0.1, -0.05) is 36.8 Å². The van der Waals surface area contributed by atoms with Crippen LogP contribution in [0.3, 0.4) is 0 Å². The Morgan fingerprint density at radius 2 is 2.00 bits per heavy atom. The summed E-state index contributed by atoms with van der Waals surface area (Å²) in [6.07, 6.45) is 5.60. The van der Waals surface area contributed by atoms with E-state index in [0.717, 1.165) is 24.2 Å². The fraction of sp³-hybridized carbons (Fsp3) is 0.389. The second-order valence-electron chi connectivity index (χ2n) is 6.14. The lowest BCUT2D eigenvalue weighted by molar-refractivity contribution is 0.0871. The van der Waals surface area contributed by atoms with Crippen LogP contribution < -0.4 is 0 Å². The number of hydrogen-bond acceptors (Lipinski definition) is 2. The van der Waals surface area contributed by atoms with Crippen molar-refractivity contribution < 1.29 is 5.11 Å². The Labute approximate surface area is 125 Å². The minimum absolute atomic E-state index is 0.268. The van der Waals surface area contributed by atoms with Crippen molar-refractivity contribution in [2.45, 2.75) is 32.8 Å². The van der Waals surface area contributed by atoms with Crippen molar-refractivity contribution in [3.63, 3.8) is 0 Å². The number of aliphatic hydroxyl groups excluding tert-OH is 1. The van der Waals surface area contributed by atoms with Crippen LogP contribution in [-0.2, 0) is 0 Å². The quantitative estimate of drug-likeness (QED) is 0.867. The van der Waals surface area contributed by atoms with E-state index < -0.39 is 6.10 Å². The van der Waals surface area contributed by atoms with Crippen LogP contribution in [-0.4, -0.2) is 14.9 Å². The molecule has 0 bridgehead atoms. The van der Waals surface area contributed by atoms with Crippen LogP contribution in [0.2, 0.25) is 0 Å². The zero-order chi connectivity index (χ0) is 14.8. The van der Waals surface area contributed by atoms with Crippen LogP contribution in [0.5, 0.6) is 0 Å².